The van der Waals surface area contributed by atoms with E-state index in [0.29, 0.717) is 0 Å². The van der Waals surface area contributed by atoms with Crippen molar-refractivity contribution in [2.75, 3.05) is 6.54 Å². The summed E-state index contributed by atoms with van der Waals surface area (Å²) in [5, 5.41) is 9.76. The number of carbonyl (C=O) groups is 1. The lowest BCUT2D eigenvalue weighted by Gasteiger charge is -2.02. The fourth-order valence-electron chi connectivity index (χ4n) is 0.308. The van der Waals surface area contributed by atoms with Crippen molar-refractivity contribution in [1.82, 2.24) is 5.09 Å². The van der Waals surface area contributed by atoms with Crippen LogP contribution in [0.3, 0.4) is 0 Å². The smallest absolute Gasteiger partial charge is 0.400 e. The standard InChI is InChI=1S/C3H8NO5P/c5-3(6)1-2-4-10(7,8)9/h1-2H2,(H,5,6)(H3,4,7,8,9). The van der Waals surface area contributed by atoms with Gasteiger partial charge < -0.3 is 14.9 Å². The molecule has 7 heteroatoms. The van der Waals surface area contributed by atoms with Crippen LogP contribution in [0.2, 0.25) is 0 Å². The fraction of sp³-hybridized carbons (Fsp3) is 0.667. The van der Waals surface area contributed by atoms with Crippen molar-refractivity contribution < 1.29 is 24.3 Å². The third kappa shape index (κ3) is 7.58. The van der Waals surface area contributed by atoms with Crippen molar-refractivity contribution in [3.63, 3.8) is 0 Å². The van der Waals surface area contributed by atoms with Crippen LogP contribution in [-0.4, -0.2) is 27.4 Å². The van der Waals surface area contributed by atoms with Crippen molar-refractivity contribution in [3.8, 4) is 0 Å². The lowest BCUT2D eigenvalue weighted by Crippen LogP contribution is -2.14. The van der Waals surface area contributed by atoms with Gasteiger partial charge in [0.1, 0.15) is 0 Å². The minimum absolute atomic E-state index is 0.223. The second-order valence-corrected chi connectivity index (χ2v) is 3.00. The molecule has 0 atom stereocenters. The molecule has 0 heterocycles. The summed E-state index contributed by atoms with van der Waals surface area (Å²) in [7, 11) is -4.24. The van der Waals surface area contributed by atoms with Gasteiger partial charge in [0.2, 0.25) is 0 Å². The molecule has 0 fully saturated rings. The monoisotopic (exact) mass is 169 g/mol. The molecule has 6 nitrogen and oxygen atoms in total. The van der Waals surface area contributed by atoms with E-state index in [0.717, 1.165) is 0 Å². The summed E-state index contributed by atoms with van der Waals surface area (Å²) in [5.41, 5.74) is 0. The Bertz CT molecular complexity index is 162. The van der Waals surface area contributed by atoms with Crippen LogP contribution in [0.1, 0.15) is 6.42 Å². The van der Waals surface area contributed by atoms with Crippen LogP contribution in [0.25, 0.3) is 0 Å². The van der Waals surface area contributed by atoms with Gasteiger partial charge in [-0.15, -0.1) is 0 Å². The summed E-state index contributed by atoms with van der Waals surface area (Å²) in [5.74, 6) is -1.10. The molecule has 0 saturated carbocycles. The molecule has 0 bridgehead atoms. The van der Waals surface area contributed by atoms with Crippen molar-refractivity contribution in [3.05, 3.63) is 0 Å². The zero-order valence-electron chi connectivity index (χ0n) is 5.02. The Balaban J connectivity index is 3.39. The predicted molar refractivity (Wildman–Crippen MR) is 32.3 cm³/mol. The van der Waals surface area contributed by atoms with Crippen LogP contribution in [0.4, 0.5) is 0 Å². The Morgan fingerprint density at radius 2 is 2.00 bits per heavy atom. The van der Waals surface area contributed by atoms with Crippen LogP contribution < -0.4 is 5.09 Å². The zero-order valence-corrected chi connectivity index (χ0v) is 5.91. The van der Waals surface area contributed by atoms with Gasteiger partial charge in [-0.3, -0.25) is 4.79 Å². The summed E-state index contributed by atoms with van der Waals surface area (Å²) in [6, 6.07) is 0. The second-order valence-electron chi connectivity index (χ2n) is 1.60. The second kappa shape index (κ2) is 3.68. The first kappa shape index (κ1) is 9.58. The van der Waals surface area contributed by atoms with Gasteiger partial charge in [-0.05, 0) is 0 Å². The first-order chi connectivity index (χ1) is 4.42. The molecule has 60 valence electrons. The van der Waals surface area contributed by atoms with E-state index in [1.165, 1.54) is 0 Å². The molecule has 0 unspecified atom stereocenters. The molecule has 0 amide bonds. The predicted octanol–water partition coefficient (Wildman–Crippen LogP) is -0.857. The van der Waals surface area contributed by atoms with Gasteiger partial charge in [0.25, 0.3) is 0 Å². The van der Waals surface area contributed by atoms with E-state index in [1.54, 1.807) is 5.09 Å². The van der Waals surface area contributed by atoms with E-state index in [2.05, 4.69) is 0 Å². The highest BCUT2D eigenvalue weighted by Gasteiger charge is 2.10. The number of carboxylic acids is 1. The first-order valence-electron chi connectivity index (χ1n) is 2.44. The Hall–Kier alpha value is -0.420. The summed E-state index contributed by atoms with van der Waals surface area (Å²) >= 11 is 0. The van der Waals surface area contributed by atoms with Crippen molar-refractivity contribution in [1.29, 1.82) is 0 Å². The largest absolute Gasteiger partial charge is 0.481 e. The lowest BCUT2D eigenvalue weighted by molar-refractivity contribution is -0.136. The van der Waals surface area contributed by atoms with Gasteiger partial charge in [-0.1, -0.05) is 0 Å². The molecule has 0 radical (unpaired) electrons. The van der Waals surface area contributed by atoms with E-state index < -0.39 is 13.7 Å². The van der Waals surface area contributed by atoms with Crippen LogP contribution in [0.15, 0.2) is 0 Å². The van der Waals surface area contributed by atoms with E-state index >= 15 is 0 Å². The van der Waals surface area contributed by atoms with Crippen LogP contribution >= 0.6 is 7.75 Å². The van der Waals surface area contributed by atoms with E-state index in [1.807, 2.05) is 0 Å². The molecule has 0 aromatic rings. The lowest BCUT2D eigenvalue weighted by atomic mass is 10.5. The molecule has 0 aromatic carbocycles. The summed E-state index contributed by atoms with van der Waals surface area (Å²) in [6.45, 7) is -0.223. The average Bonchev–Trinajstić information content (AvgIpc) is 1.59. The summed E-state index contributed by atoms with van der Waals surface area (Å²) < 4.78 is 10.0. The molecule has 10 heavy (non-hydrogen) atoms. The SMILES string of the molecule is O=C(O)CCNP(=O)(O)O. The number of hydrogen-bond acceptors (Lipinski definition) is 2. The Labute approximate surface area is 57.1 Å². The molecule has 4 N–H and O–H groups in total. The average molecular weight is 169 g/mol. The molecule has 0 aromatic heterocycles. The first-order valence-corrected chi connectivity index (χ1v) is 4.05. The summed E-state index contributed by atoms with van der Waals surface area (Å²) in [4.78, 5) is 26.1. The number of hydrogen-bond donors (Lipinski definition) is 4. The number of rotatable bonds is 4. The Morgan fingerprint density at radius 1 is 1.50 bits per heavy atom. The fourth-order valence-corrected chi connectivity index (χ4v) is 0.712. The maximum atomic E-state index is 10.0. The van der Waals surface area contributed by atoms with Gasteiger partial charge >= 0.3 is 13.7 Å². The quantitative estimate of drug-likeness (QED) is 0.408. The van der Waals surface area contributed by atoms with Crippen molar-refractivity contribution in [2.45, 2.75) is 6.42 Å². The van der Waals surface area contributed by atoms with Crippen LogP contribution in [0, 0.1) is 0 Å². The summed E-state index contributed by atoms with van der Waals surface area (Å²) in [6.07, 6.45) is -0.300. The van der Waals surface area contributed by atoms with Crippen LogP contribution in [0.5, 0.6) is 0 Å². The van der Waals surface area contributed by atoms with Crippen molar-refractivity contribution in [2.24, 2.45) is 0 Å². The maximum Gasteiger partial charge on any atom is 0.400 e. The van der Waals surface area contributed by atoms with Gasteiger partial charge in [0, 0.05) is 6.54 Å². The Kier molecular flexibility index (Phi) is 3.52. The normalized spacial score (nSPS) is 11.4. The highest BCUT2D eigenvalue weighted by atomic mass is 31.2. The molecule has 0 aliphatic rings. The van der Waals surface area contributed by atoms with Gasteiger partial charge in [0.15, 0.2) is 0 Å². The van der Waals surface area contributed by atoms with E-state index in [9.17, 15) is 9.36 Å². The van der Waals surface area contributed by atoms with E-state index in [4.69, 9.17) is 14.9 Å². The van der Waals surface area contributed by atoms with Gasteiger partial charge in [-0.2, -0.15) is 0 Å². The van der Waals surface area contributed by atoms with Gasteiger partial charge in [-0.25, -0.2) is 9.65 Å². The Morgan fingerprint density at radius 3 is 2.30 bits per heavy atom. The third-order valence-corrected chi connectivity index (χ3v) is 1.29. The minimum Gasteiger partial charge on any atom is -0.481 e. The number of aliphatic carboxylic acids is 1. The molecule has 0 saturated heterocycles. The molecule has 0 aliphatic heterocycles. The molecule has 0 aliphatic carbocycles. The van der Waals surface area contributed by atoms with Gasteiger partial charge in [0.05, 0.1) is 6.42 Å². The topological polar surface area (TPSA) is 107 Å². The highest BCUT2D eigenvalue weighted by molar-refractivity contribution is 7.49. The highest BCUT2D eigenvalue weighted by Crippen LogP contribution is 2.27. The van der Waals surface area contributed by atoms with Crippen LogP contribution in [-0.2, 0) is 9.36 Å². The van der Waals surface area contributed by atoms with E-state index in [-0.39, 0.29) is 13.0 Å². The molecule has 0 spiro atoms. The maximum absolute atomic E-state index is 10.0. The number of carboxylic acid groups (broad SMARTS) is 1. The molecular formula is C3H8NO5P. The zero-order chi connectivity index (χ0) is 8.20. The van der Waals surface area contributed by atoms with Crippen molar-refractivity contribution >= 4 is 13.7 Å². The number of nitrogens with one attached hydrogen (secondary N) is 1. The molecule has 0 rings (SSSR count). The minimum atomic E-state index is -4.24. The third-order valence-electron chi connectivity index (χ3n) is 0.657. The molecular weight excluding hydrogens is 161 g/mol.